The minimum absolute atomic E-state index is 0.390. The van der Waals surface area contributed by atoms with E-state index in [2.05, 4.69) is 72.0 Å². The molecule has 0 radical (unpaired) electrons. The summed E-state index contributed by atoms with van der Waals surface area (Å²) in [5.74, 6) is 0. The van der Waals surface area contributed by atoms with Crippen molar-refractivity contribution in [3.05, 3.63) is 28.2 Å². The second-order valence-electron chi connectivity index (χ2n) is 5.88. The van der Waals surface area contributed by atoms with Crippen LogP contribution >= 0.6 is 15.9 Å². The standard InChI is InChI=1S/C17H27BrN2/c1-5-14-8-7-12(3)20(14)15-9-10-16(17(18)11-15)13(4)19-6-2/h9-14,19H,5-8H2,1-4H3. The Morgan fingerprint density at radius 3 is 2.70 bits per heavy atom. The van der Waals surface area contributed by atoms with Crippen molar-refractivity contribution in [1.82, 2.24) is 5.32 Å². The van der Waals surface area contributed by atoms with Gasteiger partial charge in [-0.15, -0.1) is 0 Å². The van der Waals surface area contributed by atoms with Gasteiger partial charge in [-0.3, -0.25) is 0 Å². The van der Waals surface area contributed by atoms with Crippen molar-refractivity contribution >= 4 is 21.6 Å². The molecule has 2 nitrogen and oxygen atoms in total. The highest BCUT2D eigenvalue weighted by molar-refractivity contribution is 9.10. The van der Waals surface area contributed by atoms with Crippen LogP contribution < -0.4 is 10.2 Å². The predicted molar refractivity (Wildman–Crippen MR) is 91.5 cm³/mol. The number of nitrogens with one attached hydrogen (secondary N) is 1. The third kappa shape index (κ3) is 3.20. The largest absolute Gasteiger partial charge is 0.366 e. The molecule has 1 aliphatic rings. The summed E-state index contributed by atoms with van der Waals surface area (Å²) in [6, 6.07) is 8.61. The van der Waals surface area contributed by atoms with Gasteiger partial charge in [-0.05, 0) is 57.4 Å². The Morgan fingerprint density at radius 1 is 1.35 bits per heavy atom. The maximum atomic E-state index is 3.76. The van der Waals surface area contributed by atoms with Gasteiger partial charge in [0.25, 0.3) is 0 Å². The molecule has 1 heterocycles. The van der Waals surface area contributed by atoms with Crippen LogP contribution in [0.4, 0.5) is 5.69 Å². The van der Waals surface area contributed by atoms with Gasteiger partial charge >= 0.3 is 0 Å². The average molecular weight is 339 g/mol. The van der Waals surface area contributed by atoms with Crippen LogP contribution in [0.15, 0.2) is 22.7 Å². The number of nitrogens with zero attached hydrogens (tertiary/aromatic N) is 1. The zero-order valence-electron chi connectivity index (χ0n) is 13.1. The fourth-order valence-corrected chi connectivity index (χ4v) is 4.09. The third-order valence-electron chi connectivity index (χ3n) is 4.52. The lowest BCUT2D eigenvalue weighted by Crippen LogP contribution is -2.34. The van der Waals surface area contributed by atoms with Crippen LogP contribution in [0.5, 0.6) is 0 Å². The first-order chi connectivity index (χ1) is 9.58. The molecule has 112 valence electrons. The number of hydrogen-bond donors (Lipinski definition) is 1. The minimum atomic E-state index is 0.390. The van der Waals surface area contributed by atoms with Gasteiger partial charge in [0.1, 0.15) is 0 Å². The van der Waals surface area contributed by atoms with Crippen LogP contribution in [0.2, 0.25) is 0 Å². The Bertz CT molecular complexity index is 447. The summed E-state index contributed by atoms with van der Waals surface area (Å²) in [7, 11) is 0. The fraction of sp³-hybridized carbons (Fsp3) is 0.647. The van der Waals surface area contributed by atoms with Gasteiger partial charge in [-0.1, -0.05) is 35.8 Å². The quantitative estimate of drug-likeness (QED) is 0.822. The van der Waals surface area contributed by atoms with Crippen LogP contribution in [0.3, 0.4) is 0 Å². The molecule has 3 unspecified atom stereocenters. The highest BCUT2D eigenvalue weighted by atomic mass is 79.9. The van der Waals surface area contributed by atoms with Gasteiger partial charge in [0, 0.05) is 28.3 Å². The SMILES string of the molecule is CCNC(C)c1ccc(N2C(C)CCC2CC)cc1Br. The van der Waals surface area contributed by atoms with Gasteiger partial charge in [-0.2, -0.15) is 0 Å². The molecule has 3 atom stereocenters. The molecule has 1 fully saturated rings. The molecule has 2 rings (SSSR count). The third-order valence-corrected chi connectivity index (χ3v) is 5.20. The van der Waals surface area contributed by atoms with Crippen molar-refractivity contribution < 1.29 is 0 Å². The summed E-state index contributed by atoms with van der Waals surface area (Å²) < 4.78 is 1.22. The molecule has 1 saturated heterocycles. The van der Waals surface area contributed by atoms with E-state index in [0.29, 0.717) is 18.1 Å². The smallest absolute Gasteiger partial charge is 0.0382 e. The Morgan fingerprint density at radius 2 is 2.10 bits per heavy atom. The van der Waals surface area contributed by atoms with Crippen molar-refractivity contribution in [2.24, 2.45) is 0 Å². The lowest BCUT2D eigenvalue weighted by atomic mass is 10.1. The summed E-state index contributed by atoms with van der Waals surface area (Å²) in [4.78, 5) is 2.60. The normalized spacial score (nSPS) is 24.1. The molecule has 1 aromatic carbocycles. The monoisotopic (exact) mass is 338 g/mol. The number of halogens is 1. The van der Waals surface area contributed by atoms with Gasteiger partial charge in [0.05, 0.1) is 0 Å². The number of anilines is 1. The first-order valence-electron chi connectivity index (χ1n) is 7.89. The molecule has 1 aliphatic heterocycles. The van der Waals surface area contributed by atoms with E-state index in [9.17, 15) is 0 Å². The molecular weight excluding hydrogens is 312 g/mol. The molecule has 0 spiro atoms. The number of hydrogen-bond acceptors (Lipinski definition) is 2. The summed E-state index contributed by atoms with van der Waals surface area (Å²) in [6.45, 7) is 10.0. The molecule has 1 aromatic rings. The second kappa shape index (κ2) is 6.95. The van der Waals surface area contributed by atoms with Crippen LogP contribution in [0.25, 0.3) is 0 Å². The van der Waals surface area contributed by atoms with E-state index in [-0.39, 0.29) is 0 Å². The van der Waals surface area contributed by atoms with E-state index >= 15 is 0 Å². The van der Waals surface area contributed by atoms with Crippen LogP contribution in [0, 0.1) is 0 Å². The summed E-state index contributed by atoms with van der Waals surface area (Å²) in [5.41, 5.74) is 2.71. The average Bonchev–Trinajstić information content (AvgIpc) is 2.79. The first kappa shape index (κ1) is 15.8. The van der Waals surface area contributed by atoms with Crippen molar-refractivity contribution in [3.63, 3.8) is 0 Å². The van der Waals surface area contributed by atoms with Crippen molar-refractivity contribution in [2.45, 2.75) is 65.1 Å². The van der Waals surface area contributed by atoms with Crippen molar-refractivity contribution in [3.8, 4) is 0 Å². The zero-order valence-corrected chi connectivity index (χ0v) is 14.7. The fourth-order valence-electron chi connectivity index (χ4n) is 3.38. The van der Waals surface area contributed by atoms with E-state index < -0.39 is 0 Å². The van der Waals surface area contributed by atoms with Crippen LogP contribution in [0.1, 0.15) is 58.6 Å². The Hall–Kier alpha value is -0.540. The van der Waals surface area contributed by atoms with Crippen molar-refractivity contribution in [1.29, 1.82) is 0 Å². The van der Waals surface area contributed by atoms with Crippen molar-refractivity contribution in [2.75, 3.05) is 11.4 Å². The van der Waals surface area contributed by atoms with Gasteiger partial charge in [-0.25, -0.2) is 0 Å². The lowest BCUT2D eigenvalue weighted by molar-refractivity contribution is 0.595. The van der Waals surface area contributed by atoms with Crippen LogP contribution in [-0.4, -0.2) is 18.6 Å². The predicted octanol–water partition coefficient (Wildman–Crippen LogP) is 4.89. The Balaban J connectivity index is 2.24. The molecule has 1 N–H and O–H groups in total. The maximum Gasteiger partial charge on any atom is 0.0382 e. The summed E-state index contributed by atoms with van der Waals surface area (Å²) in [5, 5.41) is 3.48. The summed E-state index contributed by atoms with van der Waals surface area (Å²) in [6.07, 6.45) is 3.87. The van der Waals surface area contributed by atoms with E-state index in [0.717, 1.165) is 6.54 Å². The minimum Gasteiger partial charge on any atom is -0.366 e. The molecule has 0 aromatic heterocycles. The zero-order chi connectivity index (χ0) is 14.7. The number of benzene rings is 1. The molecule has 0 saturated carbocycles. The second-order valence-corrected chi connectivity index (χ2v) is 6.74. The van der Waals surface area contributed by atoms with Crippen LogP contribution in [-0.2, 0) is 0 Å². The lowest BCUT2D eigenvalue weighted by Gasteiger charge is -2.31. The summed E-state index contributed by atoms with van der Waals surface area (Å²) >= 11 is 3.76. The van der Waals surface area contributed by atoms with Gasteiger partial charge < -0.3 is 10.2 Å². The van der Waals surface area contributed by atoms with E-state index in [4.69, 9.17) is 0 Å². The van der Waals surface area contributed by atoms with Gasteiger partial charge in [0.15, 0.2) is 0 Å². The first-order valence-corrected chi connectivity index (χ1v) is 8.68. The highest BCUT2D eigenvalue weighted by Crippen LogP contribution is 2.35. The molecule has 0 bridgehead atoms. The Labute approximate surface area is 132 Å². The highest BCUT2D eigenvalue weighted by Gasteiger charge is 2.29. The maximum absolute atomic E-state index is 3.76. The van der Waals surface area contributed by atoms with E-state index in [1.807, 2.05) is 0 Å². The van der Waals surface area contributed by atoms with E-state index in [1.165, 1.54) is 35.0 Å². The molecular formula is C17H27BrN2. The molecule has 0 amide bonds. The molecule has 0 aliphatic carbocycles. The number of rotatable bonds is 5. The Kier molecular flexibility index (Phi) is 5.50. The molecule has 3 heteroatoms. The molecule has 20 heavy (non-hydrogen) atoms. The van der Waals surface area contributed by atoms with E-state index in [1.54, 1.807) is 0 Å². The van der Waals surface area contributed by atoms with Gasteiger partial charge in [0.2, 0.25) is 0 Å². The topological polar surface area (TPSA) is 15.3 Å².